The molecule has 7 heteroatoms. The van der Waals surface area contributed by atoms with E-state index in [-0.39, 0.29) is 11.5 Å². The number of fused-ring (bicyclic) bond motifs is 1. The first kappa shape index (κ1) is 21.9. The number of benzene rings is 3. The number of hydrogen-bond donors (Lipinski definition) is 2. The minimum absolute atomic E-state index is 0.0713. The van der Waals surface area contributed by atoms with Crippen molar-refractivity contribution in [2.45, 2.75) is 6.42 Å². The van der Waals surface area contributed by atoms with Crippen molar-refractivity contribution >= 4 is 28.1 Å². The average Bonchev–Trinajstić information content (AvgIpc) is 2.86. The average molecular weight is 454 g/mol. The maximum atomic E-state index is 13.0. The Hall–Kier alpha value is -3.97. The summed E-state index contributed by atoms with van der Waals surface area (Å²) in [5.74, 6) is -0.0713. The van der Waals surface area contributed by atoms with E-state index in [4.69, 9.17) is 0 Å². The SMILES string of the molecule is CN1CCN(c2ccc(-c3n[nH]c(=O)c4ccccc34)cc2NC(=O)Cc2ccccc2)CC1. The van der Waals surface area contributed by atoms with Gasteiger partial charge in [0.15, 0.2) is 0 Å². The molecule has 1 saturated heterocycles. The second-order valence-corrected chi connectivity index (χ2v) is 8.68. The van der Waals surface area contributed by atoms with Crippen molar-refractivity contribution in [2.75, 3.05) is 43.4 Å². The van der Waals surface area contributed by atoms with E-state index in [0.717, 1.165) is 54.1 Å². The fraction of sp³-hybridized carbons (Fsp3) is 0.222. The third-order valence-electron chi connectivity index (χ3n) is 6.29. The number of rotatable bonds is 5. The lowest BCUT2D eigenvalue weighted by atomic mass is 10.0. The predicted molar refractivity (Wildman–Crippen MR) is 136 cm³/mol. The fourth-order valence-corrected chi connectivity index (χ4v) is 4.42. The molecule has 0 aliphatic carbocycles. The zero-order valence-corrected chi connectivity index (χ0v) is 19.1. The molecule has 2 N–H and O–H groups in total. The summed E-state index contributed by atoms with van der Waals surface area (Å²) >= 11 is 0. The lowest BCUT2D eigenvalue weighted by molar-refractivity contribution is -0.115. The highest BCUT2D eigenvalue weighted by Gasteiger charge is 2.20. The minimum Gasteiger partial charge on any atom is -0.367 e. The van der Waals surface area contributed by atoms with Crippen LogP contribution in [-0.4, -0.2) is 54.2 Å². The molecule has 0 radical (unpaired) electrons. The van der Waals surface area contributed by atoms with E-state index in [0.29, 0.717) is 17.5 Å². The molecule has 1 amide bonds. The quantitative estimate of drug-likeness (QED) is 0.483. The van der Waals surface area contributed by atoms with E-state index in [1.165, 1.54) is 0 Å². The topological polar surface area (TPSA) is 81.3 Å². The Morgan fingerprint density at radius 1 is 0.941 bits per heavy atom. The fourth-order valence-electron chi connectivity index (χ4n) is 4.42. The van der Waals surface area contributed by atoms with Crippen LogP contribution >= 0.6 is 0 Å². The number of amides is 1. The molecular weight excluding hydrogens is 426 g/mol. The molecule has 7 nitrogen and oxygen atoms in total. The van der Waals surface area contributed by atoms with Crippen LogP contribution in [0.25, 0.3) is 22.0 Å². The van der Waals surface area contributed by atoms with Gasteiger partial charge in [0.05, 0.1) is 28.9 Å². The normalized spacial score (nSPS) is 14.3. The third kappa shape index (κ3) is 4.56. The van der Waals surface area contributed by atoms with Gasteiger partial charge in [0.1, 0.15) is 0 Å². The molecule has 5 rings (SSSR count). The van der Waals surface area contributed by atoms with E-state index in [1.54, 1.807) is 6.07 Å². The van der Waals surface area contributed by atoms with Gasteiger partial charge in [-0.3, -0.25) is 9.59 Å². The van der Waals surface area contributed by atoms with Gasteiger partial charge in [0.25, 0.3) is 5.56 Å². The first-order valence-electron chi connectivity index (χ1n) is 11.5. The molecule has 1 aliphatic rings. The molecule has 2 heterocycles. The summed E-state index contributed by atoms with van der Waals surface area (Å²) in [6, 6.07) is 23.2. The molecular formula is C27H27N5O2. The number of hydrogen-bond acceptors (Lipinski definition) is 5. The number of anilines is 2. The number of aromatic nitrogens is 2. The smallest absolute Gasteiger partial charge is 0.272 e. The molecule has 0 atom stereocenters. The van der Waals surface area contributed by atoms with Crippen LogP contribution < -0.4 is 15.8 Å². The molecule has 1 fully saturated rings. The number of piperazine rings is 1. The Labute approximate surface area is 198 Å². The second-order valence-electron chi connectivity index (χ2n) is 8.68. The zero-order valence-electron chi connectivity index (χ0n) is 19.1. The molecule has 0 unspecified atom stereocenters. The van der Waals surface area contributed by atoms with Gasteiger partial charge in [0.2, 0.25) is 5.91 Å². The molecule has 0 saturated carbocycles. The Kier molecular flexibility index (Phi) is 6.10. The molecule has 1 aliphatic heterocycles. The number of likely N-dealkylation sites (N-methyl/N-ethyl adjacent to an activating group) is 1. The maximum Gasteiger partial charge on any atom is 0.272 e. The molecule has 34 heavy (non-hydrogen) atoms. The summed E-state index contributed by atoms with van der Waals surface area (Å²) in [6.45, 7) is 3.70. The van der Waals surface area contributed by atoms with Crippen LogP contribution in [-0.2, 0) is 11.2 Å². The first-order valence-corrected chi connectivity index (χ1v) is 11.5. The minimum atomic E-state index is -0.218. The van der Waals surface area contributed by atoms with Gasteiger partial charge >= 0.3 is 0 Å². The number of nitrogens with one attached hydrogen (secondary N) is 2. The molecule has 4 aromatic rings. The predicted octanol–water partition coefficient (Wildman–Crippen LogP) is 3.52. The van der Waals surface area contributed by atoms with Crippen molar-refractivity contribution in [3.63, 3.8) is 0 Å². The lowest BCUT2D eigenvalue weighted by Gasteiger charge is -2.35. The van der Waals surface area contributed by atoms with E-state index in [2.05, 4.69) is 32.4 Å². The summed E-state index contributed by atoms with van der Waals surface area (Å²) in [6.07, 6.45) is 0.299. The van der Waals surface area contributed by atoms with E-state index in [1.807, 2.05) is 66.7 Å². The van der Waals surface area contributed by atoms with Gasteiger partial charge in [-0.15, -0.1) is 0 Å². The summed E-state index contributed by atoms with van der Waals surface area (Å²) < 4.78 is 0. The molecule has 172 valence electrons. The van der Waals surface area contributed by atoms with Crippen LogP contribution in [0.15, 0.2) is 77.6 Å². The van der Waals surface area contributed by atoms with Crippen molar-refractivity contribution < 1.29 is 4.79 Å². The van der Waals surface area contributed by atoms with Crippen LogP contribution in [0.4, 0.5) is 11.4 Å². The monoisotopic (exact) mass is 453 g/mol. The third-order valence-corrected chi connectivity index (χ3v) is 6.29. The highest BCUT2D eigenvalue weighted by atomic mass is 16.1. The van der Waals surface area contributed by atoms with Gasteiger partial charge in [-0.05, 0) is 30.8 Å². The molecule has 0 bridgehead atoms. The van der Waals surface area contributed by atoms with Crippen molar-refractivity contribution in [1.82, 2.24) is 15.1 Å². The molecule has 1 aromatic heterocycles. The largest absolute Gasteiger partial charge is 0.367 e. The Bertz CT molecular complexity index is 1370. The summed E-state index contributed by atoms with van der Waals surface area (Å²) in [5, 5.41) is 11.5. The number of H-pyrrole nitrogens is 1. The standard InChI is InChI=1S/C27H27N5O2/c1-31-13-15-32(16-14-31)24-12-11-20(26-21-9-5-6-10-22(21)27(34)30-29-26)18-23(24)28-25(33)17-19-7-3-2-4-8-19/h2-12,18H,13-17H2,1H3,(H,28,33)(H,30,34). The molecule has 3 aromatic carbocycles. The summed E-state index contributed by atoms with van der Waals surface area (Å²) in [4.78, 5) is 29.8. The van der Waals surface area contributed by atoms with Crippen LogP contribution in [0, 0.1) is 0 Å². The summed E-state index contributed by atoms with van der Waals surface area (Å²) in [7, 11) is 2.12. The molecule has 0 spiro atoms. The number of aromatic amines is 1. The highest BCUT2D eigenvalue weighted by Crippen LogP contribution is 2.33. The van der Waals surface area contributed by atoms with Crippen molar-refractivity contribution in [1.29, 1.82) is 0 Å². The van der Waals surface area contributed by atoms with E-state index in [9.17, 15) is 9.59 Å². The number of carbonyl (C=O) groups excluding carboxylic acids is 1. The van der Waals surface area contributed by atoms with E-state index >= 15 is 0 Å². The van der Waals surface area contributed by atoms with Gasteiger partial charge in [0, 0.05) is 37.1 Å². The zero-order chi connectivity index (χ0) is 23.5. The Morgan fingerprint density at radius 2 is 1.65 bits per heavy atom. The van der Waals surface area contributed by atoms with Crippen LogP contribution in [0.1, 0.15) is 5.56 Å². The number of nitrogens with zero attached hydrogens (tertiary/aromatic N) is 3. The van der Waals surface area contributed by atoms with Crippen molar-refractivity contribution in [2.24, 2.45) is 0 Å². The van der Waals surface area contributed by atoms with Crippen LogP contribution in [0.2, 0.25) is 0 Å². The highest BCUT2D eigenvalue weighted by molar-refractivity contribution is 5.99. The number of carbonyl (C=O) groups is 1. The van der Waals surface area contributed by atoms with Crippen LogP contribution in [0.3, 0.4) is 0 Å². The second kappa shape index (κ2) is 9.49. The Morgan fingerprint density at radius 3 is 2.41 bits per heavy atom. The van der Waals surface area contributed by atoms with Gasteiger partial charge in [-0.1, -0.05) is 54.6 Å². The summed E-state index contributed by atoms with van der Waals surface area (Å²) in [5.41, 5.74) is 4.00. The van der Waals surface area contributed by atoms with Gasteiger partial charge < -0.3 is 15.1 Å². The van der Waals surface area contributed by atoms with E-state index < -0.39 is 0 Å². The Balaban J connectivity index is 1.53. The van der Waals surface area contributed by atoms with Crippen molar-refractivity contribution in [3.8, 4) is 11.3 Å². The van der Waals surface area contributed by atoms with Gasteiger partial charge in [-0.2, -0.15) is 5.10 Å². The lowest BCUT2D eigenvalue weighted by Crippen LogP contribution is -2.44. The van der Waals surface area contributed by atoms with Gasteiger partial charge in [-0.25, -0.2) is 5.10 Å². The van der Waals surface area contributed by atoms with Crippen molar-refractivity contribution in [3.05, 3.63) is 88.7 Å². The van der Waals surface area contributed by atoms with Crippen LogP contribution in [0.5, 0.6) is 0 Å². The first-order chi connectivity index (χ1) is 16.6. The maximum absolute atomic E-state index is 13.0.